The van der Waals surface area contributed by atoms with E-state index in [2.05, 4.69) is 15.4 Å². The Bertz CT molecular complexity index is 928. The number of hydrogen-bond acceptors (Lipinski definition) is 5. The summed E-state index contributed by atoms with van der Waals surface area (Å²) in [7, 11) is -2.26. The van der Waals surface area contributed by atoms with Gasteiger partial charge in [-0.25, -0.2) is 8.42 Å². The summed E-state index contributed by atoms with van der Waals surface area (Å²) in [5.74, 6) is -0.611. The van der Waals surface area contributed by atoms with Crippen molar-refractivity contribution in [2.75, 3.05) is 28.2 Å². The average Bonchev–Trinajstić information content (AvgIpc) is 2.60. The van der Waals surface area contributed by atoms with Crippen LogP contribution in [-0.2, 0) is 19.6 Å². The van der Waals surface area contributed by atoms with Crippen LogP contribution in [0.5, 0.6) is 5.75 Å². The fourth-order valence-corrected chi connectivity index (χ4v) is 3.32. The van der Waals surface area contributed by atoms with Crippen molar-refractivity contribution in [3.05, 3.63) is 48.5 Å². The Morgan fingerprint density at radius 1 is 1.00 bits per heavy atom. The minimum Gasteiger partial charge on any atom is -0.495 e. The van der Waals surface area contributed by atoms with E-state index in [4.69, 9.17) is 4.74 Å². The Hall–Kier alpha value is -3.07. The van der Waals surface area contributed by atoms with Gasteiger partial charge in [-0.2, -0.15) is 0 Å². The van der Waals surface area contributed by atoms with Crippen molar-refractivity contribution < 1.29 is 22.7 Å². The predicted molar refractivity (Wildman–Crippen MR) is 104 cm³/mol. The number of rotatable bonds is 8. The van der Waals surface area contributed by atoms with Crippen LogP contribution < -0.4 is 20.1 Å². The lowest BCUT2D eigenvalue weighted by Gasteiger charge is -2.11. The molecular formula is C18H21N3O5S. The van der Waals surface area contributed by atoms with Crippen LogP contribution in [0.15, 0.2) is 48.5 Å². The molecule has 3 N–H and O–H groups in total. The maximum atomic E-state index is 12.2. The molecule has 0 aliphatic rings. The van der Waals surface area contributed by atoms with Crippen LogP contribution in [0.3, 0.4) is 0 Å². The highest BCUT2D eigenvalue weighted by atomic mass is 32.2. The zero-order chi connectivity index (χ0) is 19.9. The summed E-state index contributed by atoms with van der Waals surface area (Å²) in [5.41, 5.74) is 1.24. The summed E-state index contributed by atoms with van der Waals surface area (Å²) in [6.07, 6.45) is -0.223. The number of nitrogens with one attached hydrogen (secondary N) is 3. The average molecular weight is 391 g/mol. The molecule has 0 spiro atoms. The van der Waals surface area contributed by atoms with Gasteiger partial charge >= 0.3 is 0 Å². The summed E-state index contributed by atoms with van der Waals surface area (Å²) < 4.78 is 31.9. The number of benzene rings is 2. The fourth-order valence-electron chi connectivity index (χ4n) is 2.28. The molecule has 0 heterocycles. The molecule has 0 atom stereocenters. The second-order valence-electron chi connectivity index (χ2n) is 5.68. The molecule has 0 aliphatic carbocycles. The number of carbonyl (C=O) groups excluding carboxylic acids is 2. The second-order valence-corrected chi connectivity index (χ2v) is 7.52. The summed E-state index contributed by atoms with van der Waals surface area (Å²) in [6.45, 7) is 1.36. The monoisotopic (exact) mass is 391 g/mol. The minimum atomic E-state index is -3.74. The summed E-state index contributed by atoms with van der Waals surface area (Å²) in [4.78, 5) is 23.1. The quantitative estimate of drug-likeness (QED) is 0.639. The largest absolute Gasteiger partial charge is 0.495 e. The molecule has 2 aromatic carbocycles. The molecule has 2 aromatic rings. The molecule has 27 heavy (non-hydrogen) atoms. The van der Waals surface area contributed by atoms with E-state index in [1.165, 1.54) is 20.1 Å². The molecule has 0 aromatic heterocycles. The first-order valence-corrected chi connectivity index (χ1v) is 9.75. The van der Waals surface area contributed by atoms with Gasteiger partial charge in [-0.1, -0.05) is 18.2 Å². The highest BCUT2D eigenvalue weighted by Crippen LogP contribution is 2.23. The van der Waals surface area contributed by atoms with Crippen molar-refractivity contribution in [2.45, 2.75) is 13.3 Å². The van der Waals surface area contributed by atoms with Crippen LogP contribution in [0.4, 0.5) is 17.1 Å². The molecule has 2 amide bonds. The number of anilines is 3. The highest BCUT2D eigenvalue weighted by Gasteiger charge is 2.15. The normalized spacial score (nSPS) is 10.7. The van der Waals surface area contributed by atoms with E-state index in [-0.39, 0.29) is 12.3 Å². The van der Waals surface area contributed by atoms with Crippen molar-refractivity contribution in [3.63, 3.8) is 0 Å². The Balaban J connectivity index is 1.94. The molecule has 2 rings (SSSR count). The van der Waals surface area contributed by atoms with Gasteiger partial charge in [-0.05, 0) is 30.3 Å². The molecule has 0 radical (unpaired) electrons. The van der Waals surface area contributed by atoms with Crippen LogP contribution in [0.2, 0.25) is 0 Å². The van der Waals surface area contributed by atoms with Gasteiger partial charge < -0.3 is 15.4 Å². The number of para-hydroxylation sites is 2. The molecule has 0 unspecified atom stereocenters. The minimum absolute atomic E-state index is 0.223. The van der Waals surface area contributed by atoms with Crippen molar-refractivity contribution in [2.24, 2.45) is 0 Å². The molecule has 8 nitrogen and oxygen atoms in total. The lowest BCUT2D eigenvalue weighted by atomic mass is 10.3. The van der Waals surface area contributed by atoms with Crippen LogP contribution in [0.1, 0.15) is 13.3 Å². The van der Waals surface area contributed by atoms with E-state index in [9.17, 15) is 18.0 Å². The molecule has 9 heteroatoms. The summed E-state index contributed by atoms with van der Waals surface area (Å²) in [6, 6.07) is 13.1. The van der Waals surface area contributed by atoms with E-state index in [0.717, 1.165) is 0 Å². The van der Waals surface area contributed by atoms with Gasteiger partial charge in [0, 0.05) is 19.0 Å². The van der Waals surface area contributed by atoms with E-state index < -0.39 is 21.7 Å². The smallest absolute Gasteiger partial charge is 0.233 e. The standard InChI is InChI=1S/C18H21N3O5S/c1-13(22)19-14-6-5-7-15(12-14)21-27(24,25)11-10-18(23)20-16-8-3-4-9-17(16)26-2/h3-9,12,21H,10-11H2,1-2H3,(H,19,22)(H,20,23). The predicted octanol–water partition coefficient (Wildman–Crippen LogP) is 2.42. The van der Waals surface area contributed by atoms with Crippen molar-refractivity contribution in [3.8, 4) is 5.75 Å². The first kappa shape index (κ1) is 20.2. The number of carbonyl (C=O) groups is 2. The van der Waals surface area contributed by atoms with Gasteiger partial charge in [0.2, 0.25) is 21.8 Å². The zero-order valence-corrected chi connectivity index (χ0v) is 15.8. The van der Waals surface area contributed by atoms with Crippen LogP contribution in [0, 0.1) is 0 Å². The van der Waals surface area contributed by atoms with Crippen molar-refractivity contribution >= 4 is 38.9 Å². The number of hydrogen-bond donors (Lipinski definition) is 3. The third-order valence-electron chi connectivity index (χ3n) is 3.44. The molecule has 144 valence electrons. The van der Waals surface area contributed by atoms with E-state index in [1.807, 2.05) is 0 Å². The van der Waals surface area contributed by atoms with Gasteiger partial charge in [-0.3, -0.25) is 14.3 Å². The Kier molecular flexibility index (Phi) is 6.78. The molecular weight excluding hydrogens is 370 g/mol. The Labute approximate surface area is 158 Å². The first-order valence-electron chi connectivity index (χ1n) is 8.10. The molecule has 0 aliphatic heterocycles. The van der Waals surface area contributed by atoms with Gasteiger partial charge in [0.25, 0.3) is 0 Å². The van der Waals surface area contributed by atoms with Crippen LogP contribution in [0.25, 0.3) is 0 Å². The zero-order valence-electron chi connectivity index (χ0n) is 15.0. The number of ether oxygens (including phenoxy) is 1. The summed E-state index contributed by atoms with van der Waals surface area (Å²) in [5, 5.41) is 5.19. The molecule has 0 saturated carbocycles. The third kappa shape index (κ3) is 6.63. The lowest BCUT2D eigenvalue weighted by molar-refractivity contribution is -0.116. The fraction of sp³-hybridized carbons (Fsp3) is 0.222. The van der Waals surface area contributed by atoms with Crippen molar-refractivity contribution in [1.82, 2.24) is 0 Å². The third-order valence-corrected chi connectivity index (χ3v) is 4.72. The van der Waals surface area contributed by atoms with Crippen molar-refractivity contribution in [1.29, 1.82) is 0 Å². The van der Waals surface area contributed by atoms with E-state index in [1.54, 1.807) is 42.5 Å². The van der Waals surface area contributed by atoms with Gasteiger partial charge in [0.1, 0.15) is 5.75 Å². The Morgan fingerprint density at radius 2 is 1.70 bits per heavy atom. The topological polar surface area (TPSA) is 114 Å². The summed E-state index contributed by atoms with van der Waals surface area (Å²) >= 11 is 0. The molecule has 0 saturated heterocycles. The highest BCUT2D eigenvalue weighted by molar-refractivity contribution is 7.92. The number of sulfonamides is 1. The lowest BCUT2D eigenvalue weighted by Crippen LogP contribution is -2.22. The van der Waals surface area contributed by atoms with E-state index >= 15 is 0 Å². The Morgan fingerprint density at radius 3 is 2.41 bits per heavy atom. The number of methoxy groups -OCH3 is 1. The van der Waals surface area contributed by atoms with Gasteiger partial charge in [0.05, 0.1) is 24.2 Å². The van der Waals surface area contributed by atoms with Gasteiger partial charge in [-0.15, -0.1) is 0 Å². The second kappa shape index (κ2) is 9.04. The van der Waals surface area contributed by atoms with Gasteiger partial charge in [0.15, 0.2) is 0 Å². The number of amides is 2. The van der Waals surface area contributed by atoms with E-state index in [0.29, 0.717) is 22.8 Å². The first-order chi connectivity index (χ1) is 12.8. The van der Waals surface area contributed by atoms with Crippen LogP contribution >= 0.6 is 0 Å². The molecule has 0 bridgehead atoms. The van der Waals surface area contributed by atoms with Crippen LogP contribution in [-0.4, -0.2) is 33.1 Å². The maximum absolute atomic E-state index is 12.2. The maximum Gasteiger partial charge on any atom is 0.233 e. The molecule has 0 fully saturated rings. The SMILES string of the molecule is COc1ccccc1NC(=O)CCS(=O)(=O)Nc1cccc(NC(C)=O)c1.